The summed E-state index contributed by atoms with van der Waals surface area (Å²) >= 11 is 4.86. The Bertz CT molecular complexity index is 514. The Labute approximate surface area is 123 Å². The number of nitrogens with zero attached hydrogens (tertiary/aromatic N) is 1. The van der Waals surface area contributed by atoms with Crippen LogP contribution in [0.3, 0.4) is 0 Å². The third-order valence-corrected chi connectivity index (χ3v) is 3.54. The number of aliphatic hydroxyl groups is 1. The number of carbonyl (C=O) groups is 1. The third kappa shape index (κ3) is 3.68. The number of hydrogen-bond acceptors (Lipinski definition) is 4. The monoisotopic (exact) mass is 294 g/mol. The summed E-state index contributed by atoms with van der Waals surface area (Å²) in [4.78, 5) is 13.9. The van der Waals surface area contributed by atoms with Gasteiger partial charge in [0.2, 0.25) is 0 Å². The minimum Gasteiger partial charge on any atom is -0.484 e. The van der Waals surface area contributed by atoms with E-state index in [1.807, 2.05) is 0 Å². The standard InChI is InChI=1S/C14H18N2O3S/c1-14(18)6-7-16(9-14)12(17)8-19-11-4-2-10(3-5-11)13(15)20/h2-5,18H,6-9H2,1H3,(H2,15,20). The predicted octanol–water partition coefficient (Wildman–Crippen LogP) is 0.683. The molecule has 1 heterocycles. The number of hydrogen-bond donors (Lipinski definition) is 2. The number of likely N-dealkylation sites (tertiary alicyclic amines) is 1. The molecule has 5 nitrogen and oxygen atoms in total. The molecule has 0 aromatic heterocycles. The minimum absolute atomic E-state index is 0.0392. The first kappa shape index (κ1) is 14.7. The van der Waals surface area contributed by atoms with Crippen molar-refractivity contribution in [3.8, 4) is 5.75 Å². The van der Waals surface area contributed by atoms with E-state index in [0.29, 0.717) is 30.2 Å². The lowest BCUT2D eigenvalue weighted by Crippen LogP contribution is -2.36. The lowest BCUT2D eigenvalue weighted by molar-refractivity contribution is -0.133. The Morgan fingerprint density at radius 3 is 2.65 bits per heavy atom. The number of nitrogens with two attached hydrogens (primary N) is 1. The fourth-order valence-corrected chi connectivity index (χ4v) is 2.25. The molecule has 108 valence electrons. The highest BCUT2D eigenvalue weighted by Gasteiger charge is 2.33. The number of ether oxygens (including phenoxy) is 1. The predicted molar refractivity (Wildman–Crippen MR) is 79.6 cm³/mol. The van der Waals surface area contributed by atoms with Gasteiger partial charge in [-0.05, 0) is 37.6 Å². The highest BCUT2D eigenvalue weighted by molar-refractivity contribution is 7.80. The number of β-amino-alcohol motifs (C(OH)–C–C–N with tert-alkyl or cyclic N) is 1. The van der Waals surface area contributed by atoms with Gasteiger partial charge >= 0.3 is 0 Å². The van der Waals surface area contributed by atoms with Gasteiger partial charge in [0.05, 0.1) is 5.60 Å². The second-order valence-corrected chi connectivity index (χ2v) is 5.68. The van der Waals surface area contributed by atoms with Crippen molar-refractivity contribution in [2.24, 2.45) is 5.73 Å². The van der Waals surface area contributed by atoms with Crippen LogP contribution in [-0.4, -0.2) is 46.2 Å². The molecular weight excluding hydrogens is 276 g/mol. The van der Waals surface area contributed by atoms with Crippen LogP contribution in [-0.2, 0) is 4.79 Å². The zero-order valence-corrected chi connectivity index (χ0v) is 12.2. The van der Waals surface area contributed by atoms with Crippen molar-refractivity contribution in [3.05, 3.63) is 29.8 Å². The zero-order valence-electron chi connectivity index (χ0n) is 11.3. The second kappa shape index (κ2) is 5.76. The van der Waals surface area contributed by atoms with E-state index >= 15 is 0 Å². The molecular formula is C14H18N2O3S. The van der Waals surface area contributed by atoms with Gasteiger partial charge < -0.3 is 20.5 Å². The number of amides is 1. The van der Waals surface area contributed by atoms with Gasteiger partial charge in [-0.25, -0.2) is 0 Å². The van der Waals surface area contributed by atoms with Crippen LogP contribution < -0.4 is 10.5 Å². The summed E-state index contributed by atoms with van der Waals surface area (Å²) in [7, 11) is 0. The van der Waals surface area contributed by atoms with Gasteiger partial charge in [-0.15, -0.1) is 0 Å². The van der Waals surface area contributed by atoms with Crippen molar-refractivity contribution >= 4 is 23.1 Å². The first-order valence-electron chi connectivity index (χ1n) is 6.40. The van der Waals surface area contributed by atoms with Crippen molar-refractivity contribution in [3.63, 3.8) is 0 Å². The molecule has 3 N–H and O–H groups in total. The van der Waals surface area contributed by atoms with Crippen LogP contribution in [0.25, 0.3) is 0 Å². The summed E-state index contributed by atoms with van der Waals surface area (Å²) in [5.74, 6) is 0.463. The van der Waals surface area contributed by atoms with Crippen molar-refractivity contribution in [1.29, 1.82) is 0 Å². The van der Waals surface area contributed by atoms with Crippen molar-refractivity contribution in [2.75, 3.05) is 19.7 Å². The molecule has 20 heavy (non-hydrogen) atoms. The van der Waals surface area contributed by atoms with Crippen LogP contribution in [0.1, 0.15) is 18.9 Å². The van der Waals surface area contributed by atoms with E-state index in [2.05, 4.69) is 0 Å². The quantitative estimate of drug-likeness (QED) is 0.799. The van der Waals surface area contributed by atoms with Crippen LogP contribution in [0, 0.1) is 0 Å². The van der Waals surface area contributed by atoms with E-state index in [0.717, 1.165) is 5.56 Å². The Morgan fingerprint density at radius 1 is 1.50 bits per heavy atom. The Hall–Kier alpha value is -1.66. The van der Waals surface area contributed by atoms with Crippen molar-refractivity contribution in [2.45, 2.75) is 18.9 Å². The second-order valence-electron chi connectivity index (χ2n) is 5.24. The van der Waals surface area contributed by atoms with Crippen molar-refractivity contribution in [1.82, 2.24) is 4.90 Å². The number of benzene rings is 1. The SMILES string of the molecule is CC1(O)CCN(C(=O)COc2ccc(C(N)=S)cc2)C1. The lowest BCUT2D eigenvalue weighted by Gasteiger charge is -2.19. The van der Waals surface area contributed by atoms with E-state index in [4.69, 9.17) is 22.7 Å². The third-order valence-electron chi connectivity index (χ3n) is 3.31. The molecule has 2 rings (SSSR count). The van der Waals surface area contributed by atoms with Gasteiger partial charge in [0.1, 0.15) is 10.7 Å². The Balaban J connectivity index is 1.86. The molecule has 0 radical (unpaired) electrons. The lowest BCUT2D eigenvalue weighted by atomic mass is 10.1. The van der Waals surface area contributed by atoms with E-state index in [-0.39, 0.29) is 12.5 Å². The summed E-state index contributed by atoms with van der Waals surface area (Å²) in [6.07, 6.45) is 0.599. The topological polar surface area (TPSA) is 75.8 Å². The van der Waals surface area contributed by atoms with Crippen LogP contribution in [0.4, 0.5) is 0 Å². The highest BCUT2D eigenvalue weighted by atomic mass is 32.1. The molecule has 0 bridgehead atoms. The molecule has 6 heteroatoms. The smallest absolute Gasteiger partial charge is 0.260 e. The van der Waals surface area contributed by atoms with Crippen molar-refractivity contribution < 1.29 is 14.6 Å². The van der Waals surface area contributed by atoms with E-state index in [1.54, 1.807) is 36.1 Å². The number of carbonyl (C=O) groups excluding carboxylic acids is 1. The fraction of sp³-hybridized carbons (Fsp3) is 0.429. The van der Waals surface area contributed by atoms with Crippen LogP contribution in [0.15, 0.2) is 24.3 Å². The molecule has 1 aromatic carbocycles. The molecule has 0 spiro atoms. The zero-order chi connectivity index (χ0) is 14.8. The molecule has 1 amide bonds. The maximum Gasteiger partial charge on any atom is 0.260 e. The fourth-order valence-electron chi connectivity index (χ4n) is 2.11. The number of thiocarbonyl (C=S) groups is 1. The summed E-state index contributed by atoms with van der Waals surface area (Å²) in [5.41, 5.74) is 5.48. The summed E-state index contributed by atoms with van der Waals surface area (Å²) in [5, 5.41) is 9.82. The molecule has 1 aliphatic heterocycles. The van der Waals surface area contributed by atoms with Crippen LogP contribution in [0.2, 0.25) is 0 Å². The van der Waals surface area contributed by atoms with Gasteiger partial charge in [-0.1, -0.05) is 12.2 Å². The molecule has 0 saturated carbocycles. The van der Waals surface area contributed by atoms with E-state index in [9.17, 15) is 9.90 Å². The maximum atomic E-state index is 11.9. The summed E-state index contributed by atoms with van der Waals surface area (Å²) in [6.45, 7) is 2.61. The van der Waals surface area contributed by atoms with Crippen LogP contribution >= 0.6 is 12.2 Å². The minimum atomic E-state index is -0.784. The summed E-state index contributed by atoms with van der Waals surface area (Å²) in [6, 6.07) is 6.95. The molecule has 1 fully saturated rings. The largest absolute Gasteiger partial charge is 0.484 e. The molecule has 1 aromatic rings. The van der Waals surface area contributed by atoms with Gasteiger partial charge in [-0.3, -0.25) is 4.79 Å². The van der Waals surface area contributed by atoms with Crippen LogP contribution in [0.5, 0.6) is 5.75 Å². The van der Waals surface area contributed by atoms with Gasteiger partial charge in [0.25, 0.3) is 5.91 Å². The Morgan fingerprint density at radius 2 is 2.15 bits per heavy atom. The highest BCUT2D eigenvalue weighted by Crippen LogP contribution is 2.20. The molecule has 1 saturated heterocycles. The molecule has 1 aliphatic rings. The van der Waals surface area contributed by atoms with Gasteiger partial charge in [0, 0.05) is 18.7 Å². The molecule has 1 atom stereocenters. The summed E-state index contributed by atoms with van der Waals surface area (Å²) < 4.78 is 5.43. The first-order valence-corrected chi connectivity index (χ1v) is 6.81. The number of rotatable bonds is 4. The van der Waals surface area contributed by atoms with E-state index < -0.39 is 5.60 Å². The Kier molecular flexibility index (Phi) is 4.25. The first-order chi connectivity index (χ1) is 9.37. The van der Waals surface area contributed by atoms with E-state index in [1.165, 1.54) is 0 Å². The average molecular weight is 294 g/mol. The molecule has 0 aliphatic carbocycles. The molecule has 1 unspecified atom stereocenters. The normalized spacial score (nSPS) is 21.8. The maximum absolute atomic E-state index is 11.9. The average Bonchev–Trinajstić information content (AvgIpc) is 2.77. The van der Waals surface area contributed by atoms with Gasteiger partial charge in [-0.2, -0.15) is 0 Å². The van der Waals surface area contributed by atoms with Gasteiger partial charge in [0.15, 0.2) is 6.61 Å².